The summed E-state index contributed by atoms with van der Waals surface area (Å²) in [5, 5.41) is 0. The van der Waals surface area contributed by atoms with E-state index in [0.717, 1.165) is 6.54 Å². The molecular formula is C18H24FN5O2S. The topological polar surface area (TPSA) is 78.4 Å². The molecule has 0 unspecified atom stereocenters. The van der Waals surface area contributed by atoms with Crippen LogP contribution in [-0.4, -0.2) is 63.1 Å². The van der Waals surface area contributed by atoms with Gasteiger partial charge in [-0.15, -0.1) is 0 Å². The van der Waals surface area contributed by atoms with E-state index in [1.54, 1.807) is 18.5 Å². The second kappa shape index (κ2) is 8.28. The van der Waals surface area contributed by atoms with Gasteiger partial charge in [-0.05, 0) is 37.9 Å². The molecule has 0 radical (unpaired) electrons. The molecule has 2 heterocycles. The van der Waals surface area contributed by atoms with E-state index in [2.05, 4.69) is 14.7 Å². The highest BCUT2D eigenvalue weighted by Crippen LogP contribution is 2.22. The molecule has 1 fully saturated rings. The van der Waals surface area contributed by atoms with Gasteiger partial charge in [0.25, 0.3) is 0 Å². The zero-order valence-electron chi connectivity index (χ0n) is 15.4. The Morgan fingerprint density at radius 1 is 1.19 bits per heavy atom. The predicted molar refractivity (Wildman–Crippen MR) is 102 cm³/mol. The number of nitrogens with zero attached hydrogens (tertiary/aromatic N) is 4. The molecule has 0 aliphatic carbocycles. The summed E-state index contributed by atoms with van der Waals surface area (Å²) >= 11 is 0. The number of benzene rings is 1. The van der Waals surface area contributed by atoms with Crippen LogP contribution >= 0.6 is 0 Å². The first kappa shape index (κ1) is 19.7. The van der Waals surface area contributed by atoms with Crippen molar-refractivity contribution in [1.29, 1.82) is 0 Å². The lowest BCUT2D eigenvalue weighted by Crippen LogP contribution is -2.43. The maximum Gasteiger partial charge on any atom is 0.225 e. The van der Waals surface area contributed by atoms with Gasteiger partial charge in [0.15, 0.2) is 0 Å². The third-order valence-corrected chi connectivity index (χ3v) is 5.85. The average molecular weight is 393 g/mol. The standard InChI is InChI=1S/C18H24FN5O2S/c1-23(2)10-15-11-24(18-20-8-3-9-21-18)12-17(15)22-27(25,26)13-14-4-6-16(19)7-5-14/h3-9,15,17,22H,10-13H2,1-2H3/t15-,17-/m1/s1. The molecule has 1 aliphatic rings. The van der Waals surface area contributed by atoms with Gasteiger partial charge in [0.05, 0.1) is 5.75 Å². The Labute approximate surface area is 159 Å². The molecule has 0 saturated carbocycles. The first-order valence-corrected chi connectivity index (χ1v) is 10.4. The van der Waals surface area contributed by atoms with Gasteiger partial charge in [-0.25, -0.2) is 27.5 Å². The average Bonchev–Trinajstić information content (AvgIpc) is 2.98. The Kier molecular flexibility index (Phi) is 6.03. The van der Waals surface area contributed by atoms with Crippen LogP contribution in [0.1, 0.15) is 5.56 Å². The minimum absolute atomic E-state index is 0.104. The highest BCUT2D eigenvalue weighted by Gasteiger charge is 2.36. The van der Waals surface area contributed by atoms with Crippen LogP contribution in [0.15, 0.2) is 42.7 Å². The van der Waals surface area contributed by atoms with Crippen LogP contribution in [0.4, 0.5) is 10.3 Å². The monoisotopic (exact) mass is 393 g/mol. The first-order valence-electron chi connectivity index (χ1n) is 8.73. The molecule has 0 spiro atoms. The quantitative estimate of drug-likeness (QED) is 0.759. The van der Waals surface area contributed by atoms with Gasteiger partial charge < -0.3 is 9.80 Å². The van der Waals surface area contributed by atoms with Crippen LogP contribution in [0.3, 0.4) is 0 Å². The number of sulfonamides is 1. The van der Waals surface area contributed by atoms with E-state index in [4.69, 9.17) is 0 Å². The minimum atomic E-state index is -3.56. The second-order valence-corrected chi connectivity index (χ2v) is 8.84. The van der Waals surface area contributed by atoms with Crippen molar-refractivity contribution < 1.29 is 12.8 Å². The van der Waals surface area contributed by atoms with Crippen LogP contribution in [0.5, 0.6) is 0 Å². The van der Waals surface area contributed by atoms with Gasteiger partial charge >= 0.3 is 0 Å². The molecule has 7 nitrogen and oxygen atoms in total. The summed E-state index contributed by atoms with van der Waals surface area (Å²) in [6.07, 6.45) is 3.35. The summed E-state index contributed by atoms with van der Waals surface area (Å²) in [4.78, 5) is 12.6. The number of nitrogens with one attached hydrogen (secondary N) is 1. The summed E-state index contributed by atoms with van der Waals surface area (Å²) < 4.78 is 41.2. The van der Waals surface area contributed by atoms with Crippen molar-refractivity contribution >= 4 is 16.0 Å². The van der Waals surface area contributed by atoms with Crippen molar-refractivity contribution in [3.8, 4) is 0 Å². The smallest absolute Gasteiger partial charge is 0.225 e. The fourth-order valence-electron chi connectivity index (χ4n) is 3.35. The molecule has 1 aromatic heterocycles. The van der Waals surface area contributed by atoms with E-state index in [-0.39, 0.29) is 23.5 Å². The predicted octanol–water partition coefficient (Wildman–Crippen LogP) is 1.10. The highest BCUT2D eigenvalue weighted by atomic mass is 32.2. The Balaban J connectivity index is 1.72. The van der Waals surface area contributed by atoms with Crippen molar-refractivity contribution in [2.24, 2.45) is 5.92 Å². The van der Waals surface area contributed by atoms with Gasteiger partial charge in [0.2, 0.25) is 16.0 Å². The molecule has 27 heavy (non-hydrogen) atoms. The van der Waals surface area contributed by atoms with E-state index in [1.807, 2.05) is 23.9 Å². The first-order chi connectivity index (χ1) is 12.8. The van der Waals surface area contributed by atoms with Gasteiger partial charge in [-0.2, -0.15) is 0 Å². The Morgan fingerprint density at radius 3 is 2.48 bits per heavy atom. The van der Waals surface area contributed by atoms with Crippen molar-refractivity contribution in [3.63, 3.8) is 0 Å². The van der Waals surface area contributed by atoms with Crippen molar-refractivity contribution in [3.05, 3.63) is 54.1 Å². The molecule has 1 saturated heterocycles. The molecule has 9 heteroatoms. The lowest BCUT2D eigenvalue weighted by atomic mass is 10.0. The number of aromatic nitrogens is 2. The zero-order valence-corrected chi connectivity index (χ0v) is 16.2. The minimum Gasteiger partial charge on any atom is -0.339 e. The maximum absolute atomic E-state index is 13.0. The van der Waals surface area contributed by atoms with E-state index < -0.39 is 10.0 Å². The van der Waals surface area contributed by atoms with Gasteiger partial charge in [0.1, 0.15) is 5.82 Å². The summed E-state index contributed by atoms with van der Waals surface area (Å²) in [5.74, 6) is 0.137. The molecule has 1 N–H and O–H groups in total. The molecule has 0 bridgehead atoms. The largest absolute Gasteiger partial charge is 0.339 e. The molecular weight excluding hydrogens is 369 g/mol. The third kappa shape index (κ3) is 5.44. The summed E-state index contributed by atoms with van der Waals surface area (Å²) in [6.45, 7) is 1.92. The number of hydrogen-bond donors (Lipinski definition) is 1. The SMILES string of the molecule is CN(C)C[C@@H]1CN(c2ncccn2)C[C@H]1NS(=O)(=O)Cc1ccc(F)cc1. The number of anilines is 1. The molecule has 2 aromatic rings. The van der Waals surface area contributed by atoms with E-state index >= 15 is 0 Å². The Hall–Kier alpha value is -2.10. The number of hydrogen-bond acceptors (Lipinski definition) is 6. The molecule has 1 aromatic carbocycles. The lowest BCUT2D eigenvalue weighted by Gasteiger charge is -2.22. The molecule has 3 rings (SSSR count). The fraction of sp³-hybridized carbons (Fsp3) is 0.444. The van der Waals surface area contributed by atoms with Crippen molar-refractivity contribution in [1.82, 2.24) is 19.6 Å². The molecule has 146 valence electrons. The zero-order chi connectivity index (χ0) is 19.4. The lowest BCUT2D eigenvalue weighted by molar-refractivity contribution is 0.315. The molecule has 1 aliphatic heterocycles. The van der Waals surface area contributed by atoms with Crippen molar-refractivity contribution in [2.75, 3.05) is 38.6 Å². The van der Waals surface area contributed by atoms with Gasteiger partial charge in [-0.3, -0.25) is 0 Å². The highest BCUT2D eigenvalue weighted by molar-refractivity contribution is 7.88. The maximum atomic E-state index is 13.0. The van der Waals surface area contributed by atoms with Crippen LogP contribution in [0, 0.1) is 11.7 Å². The van der Waals surface area contributed by atoms with Gasteiger partial charge in [-0.1, -0.05) is 12.1 Å². The fourth-order valence-corrected chi connectivity index (χ4v) is 4.79. The summed E-state index contributed by atoms with van der Waals surface area (Å²) in [6, 6.07) is 7.02. The van der Waals surface area contributed by atoms with Gasteiger partial charge in [0, 0.05) is 44.0 Å². The van der Waals surface area contributed by atoms with Crippen molar-refractivity contribution in [2.45, 2.75) is 11.8 Å². The van der Waals surface area contributed by atoms with Crippen LogP contribution < -0.4 is 9.62 Å². The van der Waals surface area contributed by atoms with E-state index in [0.29, 0.717) is 24.6 Å². The number of halogens is 1. The molecule has 2 atom stereocenters. The molecule has 0 amide bonds. The van der Waals surface area contributed by atoms with Crippen LogP contribution in [0.2, 0.25) is 0 Å². The number of rotatable bonds is 7. The van der Waals surface area contributed by atoms with E-state index in [1.165, 1.54) is 24.3 Å². The Bertz CT molecular complexity index is 846. The Morgan fingerprint density at radius 2 is 1.85 bits per heavy atom. The van der Waals surface area contributed by atoms with Crippen LogP contribution in [0.25, 0.3) is 0 Å². The summed E-state index contributed by atoms with van der Waals surface area (Å²) in [5.41, 5.74) is 0.550. The van der Waals surface area contributed by atoms with E-state index in [9.17, 15) is 12.8 Å². The third-order valence-electron chi connectivity index (χ3n) is 4.48. The summed E-state index contributed by atoms with van der Waals surface area (Å²) in [7, 11) is 0.364. The second-order valence-electron chi connectivity index (χ2n) is 7.09. The normalized spacial score (nSPS) is 20.4. The van der Waals surface area contributed by atoms with Crippen LogP contribution in [-0.2, 0) is 15.8 Å².